The van der Waals surface area contributed by atoms with E-state index in [2.05, 4.69) is 0 Å². The number of hydrogen-bond donors (Lipinski definition) is 1. The van der Waals surface area contributed by atoms with Gasteiger partial charge in [-0.1, -0.05) is 32.9 Å². The number of ether oxygens (including phenoxy) is 2. The lowest BCUT2D eigenvalue weighted by Gasteiger charge is -2.24. The zero-order chi connectivity index (χ0) is 14.6. The topological polar surface area (TPSA) is 55.8 Å². The molecule has 0 saturated heterocycles. The van der Waals surface area contributed by atoms with Crippen LogP contribution in [0.15, 0.2) is 18.2 Å². The molecule has 1 rings (SSSR count). The van der Waals surface area contributed by atoms with Crippen LogP contribution in [0.5, 0.6) is 5.75 Å². The number of methoxy groups -OCH3 is 2. The molecule has 19 heavy (non-hydrogen) atoms. The normalized spacial score (nSPS) is 12.9. The molecule has 1 aromatic rings. The van der Waals surface area contributed by atoms with E-state index in [0.717, 1.165) is 0 Å². The van der Waals surface area contributed by atoms with Crippen molar-refractivity contribution in [3.63, 3.8) is 0 Å². The van der Waals surface area contributed by atoms with Crippen LogP contribution in [-0.2, 0) is 4.74 Å². The van der Waals surface area contributed by atoms with Gasteiger partial charge in [0.2, 0.25) is 0 Å². The van der Waals surface area contributed by atoms with Gasteiger partial charge in [0.05, 0.1) is 20.3 Å². The lowest BCUT2D eigenvalue weighted by Crippen LogP contribution is -2.14. The molecule has 1 aromatic carbocycles. The maximum Gasteiger partial charge on any atom is 0.341 e. The van der Waals surface area contributed by atoms with Crippen molar-refractivity contribution in [2.75, 3.05) is 14.2 Å². The first-order chi connectivity index (χ1) is 8.80. The maximum atomic E-state index is 11.7. The minimum absolute atomic E-state index is 0.0221. The molecule has 0 aromatic heterocycles. The van der Waals surface area contributed by atoms with Crippen LogP contribution in [0, 0.1) is 5.41 Å². The van der Waals surface area contributed by atoms with Gasteiger partial charge in [-0.3, -0.25) is 0 Å². The number of carbonyl (C=O) groups is 1. The van der Waals surface area contributed by atoms with Crippen LogP contribution < -0.4 is 4.74 Å². The average Bonchev–Trinajstić information content (AvgIpc) is 2.34. The third-order valence-electron chi connectivity index (χ3n) is 2.82. The van der Waals surface area contributed by atoms with E-state index in [9.17, 15) is 9.90 Å². The molecule has 4 nitrogen and oxygen atoms in total. The summed E-state index contributed by atoms with van der Waals surface area (Å²) in [4.78, 5) is 11.7. The number of rotatable bonds is 4. The summed E-state index contributed by atoms with van der Waals surface area (Å²) in [6.45, 7) is 6.15. The van der Waals surface area contributed by atoms with Gasteiger partial charge in [-0.15, -0.1) is 0 Å². The third kappa shape index (κ3) is 3.96. The summed E-state index contributed by atoms with van der Waals surface area (Å²) < 4.78 is 9.99. The van der Waals surface area contributed by atoms with Crippen molar-refractivity contribution in [2.45, 2.75) is 33.3 Å². The Morgan fingerprint density at radius 2 is 1.95 bits per heavy atom. The fourth-order valence-corrected chi connectivity index (χ4v) is 2.01. The molecule has 0 aliphatic heterocycles. The molecule has 0 fully saturated rings. The smallest absolute Gasteiger partial charge is 0.341 e. The highest BCUT2D eigenvalue weighted by atomic mass is 16.5. The molecule has 0 aliphatic carbocycles. The lowest BCUT2D eigenvalue weighted by atomic mass is 9.86. The van der Waals surface area contributed by atoms with Crippen molar-refractivity contribution < 1.29 is 19.4 Å². The largest absolute Gasteiger partial charge is 0.495 e. The van der Waals surface area contributed by atoms with Crippen LogP contribution in [0.4, 0.5) is 0 Å². The third-order valence-corrected chi connectivity index (χ3v) is 2.82. The Labute approximate surface area is 114 Å². The standard InChI is InChI=1S/C15H22O4/c1-15(2,3)9-12(16)10-7-6-8-11(13(10)18-4)14(17)19-5/h6-8,12,16H,9H2,1-5H3. The highest BCUT2D eigenvalue weighted by Gasteiger charge is 2.24. The van der Waals surface area contributed by atoms with Gasteiger partial charge in [0, 0.05) is 5.56 Å². The molecule has 0 saturated carbocycles. The maximum absolute atomic E-state index is 11.7. The number of aliphatic hydroxyl groups is 1. The van der Waals surface area contributed by atoms with E-state index in [4.69, 9.17) is 9.47 Å². The Kier molecular flexibility index (Phi) is 4.95. The van der Waals surface area contributed by atoms with Crippen molar-refractivity contribution in [3.05, 3.63) is 29.3 Å². The summed E-state index contributed by atoms with van der Waals surface area (Å²) in [5.41, 5.74) is 0.918. The van der Waals surface area contributed by atoms with E-state index in [0.29, 0.717) is 23.3 Å². The first-order valence-electron chi connectivity index (χ1n) is 6.23. The summed E-state index contributed by atoms with van der Waals surface area (Å²) >= 11 is 0. The molecule has 0 bridgehead atoms. The molecule has 0 aliphatic rings. The summed E-state index contributed by atoms with van der Waals surface area (Å²) in [7, 11) is 2.80. The SMILES string of the molecule is COC(=O)c1cccc(C(O)CC(C)(C)C)c1OC. The van der Waals surface area contributed by atoms with Gasteiger partial charge in [0.1, 0.15) is 11.3 Å². The van der Waals surface area contributed by atoms with E-state index < -0.39 is 12.1 Å². The van der Waals surface area contributed by atoms with Gasteiger partial charge in [-0.25, -0.2) is 4.79 Å². The molecular weight excluding hydrogens is 244 g/mol. The molecule has 1 unspecified atom stereocenters. The zero-order valence-corrected chi connectivity index (χ0v) is 12.2. The van der Waals surface area contributed by atoms with Crippen LogP contribution in [0.25, 0.3) is 0 Å². The Bertz CT molecular complexity index is 446. The lowest BCUT2D eigenvalue weighted by molar-refractivity contribution is 0.0596. The summed E-state index contributed by atoms with van der Waals surface area (Å²) in [5.74, 6) is -0.0900. The van der Waals surface area contributed by atoms with E-state index in [-0.39, 0.29) is 5.41 Å². The molecule has 1 atom stereocenters. The highest BCUT2D eigenvalue weighted by molar-refractivity contribution is 5.93. The number of para-hydroxylation sites is 1. The van der Waals surface area contributed by atoms with Gasteiger partial charge in [0.25, 0.3) is 0 Å². The molecule has 0 spiro atoms. The number of benzene rings is 1. The minimum atomic E-state index is -0.681. The van der Waals surface area contributed by atoms with Crippen LogP contribution in [0.1, 0.15) is 49.2 Å². The first kappa shape index (κ1) is 15.5. The van der Waals surface area contributed by atoms with Crippen molar-refractivity contribution in [3.8, 4) is 5.75 Å². The van der Waals surface area contributed by atoms with E-state index in [1.165, 1.54) is 14.2 Å². The van der Waals surface area contributed by atoms with Gasteiger partial charge in [0.15, 0.2) is 0 Å². The van der Waals surface area contributed by atoms with Gasteiger partial charge in [-0.05, 0) is 17.9 Å². The Balaban J connectivity index is 3.17. The molecule has 1 N–H and O–H groups in total. The van der Waals surface area contributed by atoms with Crippen molar-refractivity contribution in [1.29, 1.82) is 0 Å². The van der Waals surface area contributed by atoms with Crippen LogP contribution in [0.3, 0.4) is 0 Å². The fourth-order valence-electron chi connectivity index (χ4n) is 2.01. The predicted molar refractivity (Wildman–Crippen MR) is 73.4 cm³/mol. The Morgan fingerprint density at radius 1 is 1.32 bits per heavy atom. The molecular formula is C15H22O4. The minimum Gasteiger partial charge on any atom is -0.495 e. The molecule has 0 heterocycles. The number of carbonyl (C=O) groups excluding carboxylic acids is 1. The second kappa shape index (κ2) is 6.06. The van der Waals surface area contributed by atoms with E-state index >= 15 is 0 Å². The van der Waals surface area contributed by atoms with Crippen molar-refractivity contribution >= 4 is 5.97 Å². The molecule has 106 valence electrons. The summed E-state index contributed by atoms with van der Waals surface area (Å²) in [6, 6.07) is 5.11. The van der Waals surface area contributed by atoms with E-state index in [1.807, 2.05) is 20.8 Å². The molecule has 4 heteroatoms. The second-order valence-electron chi connectivity index (χ2n) is 5.70. The van der Waals surface area contributed by atoms with Gasteiger partial charge in [-0.2, -0.15) is 0 Å². The number of aliphatic hydroxyl groups excluding tert-OH is 1. The van der Waals surface area contributed by atoms with Crippen LogP contribution in [-0.4, -0.2) is 25.3 Å². The molecule has 0 radical (unpaired) electrons. The van der Waals surface area contributed by atoms with E-state index in [1.54, 1.807) is 18.2 Å². The Morgan fingerprint density at radius 3 is 2.42 bits per heavy atom. The van der Waals surface area contributed by atoms with Gasteiger partial charge >= 0.3 is 5.97 Å². The van der Waals surface area contributed by atoms with Gasteiger partial charge < -0.3 is 14.6 Å². The summed E-state index contributed by atoms with van der Waals surface area (Å²) in [6.07, 6.45) is -0.104. The number of hydrogen-bond acceptors (Lipinski definition) is 4. The monoisotopic (exact) mass is 266 g/mol. The zero-order valence-electron chi connectivity index (χ0n) is 12.2. The van der Waals surface area contributed by atoms with Crippen LogP contribution >= 0.6 is 0 Å². The van der Waals surface area contributed by atoms with Crippen molar-refractivity contribution in [1.82, 2.24) is 0 Å². The van der Waals surface area contributed by atoms with Crippen molar-refractivity contribution in [2.24, 2.45) is 5.41 Å². The second-order valence-corrected chi connectivity index (χ2v) is 5.70. The summed E-state index contributed by atoms with van der Waals surface area (Å²) in [5, 5.41) is 10.3. The highest BCUT2D eigenvalue weighted by Crippen LogP contribution is 2.35. The van der Waals surface area contributed by atoms with Crippen LogP contribution in [0.2, 0.25) is 0 Å². The molecule has 0 amide bonds. The average molecular weight is 266 g/mol. The first-order valence-corrected chi connectivity index (χ1v) is 6.23. The predicted octanol–water partition coefficient (Wildman–Crippen LogP) is 2.95. The number of esters is 1. The fraction of sp³-hybridized carbons (Fsp3) is 0.533. The quantitative estimate of drug-likeness (QED) is 0.851. The Hall–Kier alpha value is -1.55.